The molecular weight excluding hydrogens is 278 g/mol. The van der Waals surface area contributed by atoms with Crippen LogP contribution in [0, 0.1) is 13.8 Å². The van der Waals surface area contributed by atoms with Gasteiger partial charge in [0.1, 0.15) is 0 Å². The largest absolute Gasteiger partial charge is 0.462 e. The maximum Gasteiger partial charge on any atom is 0.340 e. The summed E-state index contributed by atoms with van der Waals surface area (Å²) >= 11 is 0. The second-order valence-electron chi connectivity index (χ2n) is 6.14. The Kier molecular flexibility index (Phi) is 5.27. The van der Waals surface area contributed by atoms with E-state index in [0.717, 1.165) is 17.0 Å². The Morgan fingerprint density at radius 2 is 2.00 bits per heavy atom. The van der Waals surface area contributed by atoms with Crippen LogP contribution in [0.4, 0.5) is 0 Å². The number of aryl methyl sites for hydroxylation is 1. The standard InChI is InChI=1S/C17H27N3O2/c1-6-22-17(21)16-13(4)15(19-14(16)5)10-18-20-11(2)8-7-9-12(20)3/h10-12,19H,6-9H2,1-5H3/b18-10+/t11-,12-/m1/s1. The average Bonchev–Trinajstić information content (AvgIpc) is 2.73. The van der Waals surface area contributed by atoms with Gasteiger partial charge in [0.25, 0.3) is 0 Å². The highest BCUT2D eigenvalue weighted by atomic mass is 16.5. The molecule has 22 heavy (non-hydrogen) atoms. The minimum absolute atomic E-state index is 0.270. The first-order chi connectivity index (χ1) is 10.5. The number of nitrogens with zero attached hydrogens (tertiary/aromatic N) is 2. The second kappa shape index (κ2) is 6.99. The van der Waals surface area contributed by atoms with Gasteiger partial charge >= 0.3 is 5.97 Å². The highest BCUT2D eigenvalue weighted by Crippen LogP contribution is 2.23. The van der Waals surface area contributed by atoms with Crippen LogP contribution < -0.4 is 0 Å². The smallest absolute Gasteiger partial charge is 0.340 e. The van der Waals surface area contributed by atoms with E-state index in [1.54, 1.807) is 0 Å². The molecule has 5 nitrogen and oxygen atoms in total. The number of hydrogen-bond acceptors (Lipinski definition) is 4. The molecule has 0 amide bonds. The summed E-state index contributed by atoms with van der Waals surface area (Å²) < 4.78 is 5.12. The van der Waals surface area contributed by atoms with Crippen molar-refractivity contribution in [2.24, 2.45) is 5.10 Å². The Labute approximate surface area is 132 Å². The fourth-order valence-corrected chi connectivity index (χ4v) is 3.17. The van der Waals surface area contributed by atoms with Gasteiger partial charge in [0.15, 0.2) is 0 Å². The van der Waals surface area contributed by atoms with Crippen LogP contribution >= 0.6 is 0 Å². The van der Waals surface area contributed by atoms with Crippen LogP contribution in [0.15, 0.2) is 5.10 Å². The van der Waals surface area contributed by atoms with Crippen molar-refractivity contribution in [3.63, 3.8) is 0 Å². The third kappa shape index (κ3) is 3.34. The van der Waals surface area contributed by atoms with E-state index < -0.39 is 0 Å². The zero-order chi connectivity index (χ0) is 16.3. The Bertz CT molecular complexity index is 552. The Balaban J connectivity index is 2.21. The molecule has 0 saturated carbocycles. The second-order valence-corrected chi connectivity index (χ2v) is 6.14. The van der Waals surface area contributed by atoms with E-state index in [4.69, 9.17) is 4.74 Å². The van der Waals surface area contributed by atoms with E-state index >= 15 is 0 Å². The molecular formula is C17H27N3O2. The molecule has 5 heteroatoms. The van der Waals surface area contributed by atoms with Gasteiger partial charge in [-0.2, -0.15) is 5.10 Å². The molecule has 2 atom stereocenters. The number of H-pyrrole nitrogens is 1. The molecule has 1 N–H and O–H groups in total. The number of ether oxygens (including phenoxy) is 1. The lowest BCUT2D eigenvalue weighted by molar-refractivity contribution is 0.0525. The summed E-state index contributed by atoms with van der Waals surface area (Å²) in [6.07, 6.45) is 5.46. The van der Waals surface area contributed by atoms with Crippen LogP contribution in [-0.2, 0) is 4.74 Å². The normalized spacial score (nSPS) is 22.3. The van der Waals surface area contributed by atoms with E-state index in [-0.39, 0.29) is 5.97 Å². The van der Waals surface area contributed by atoms with Crippen LogP contribution in [-0.4, -0.2) is 40.9 Å². The fourth-order valence-electron chi connectivity index (χ4n) is 3.17. The number of esters is 1. The summed E-state index contributed by atoms with van der Waals surface area (Å²) in [6, 6.07) is 0.918. The average molecular weight is 305 g/mol. The lowest BCUT2D eigenvalue weighted by Crippen LogP contribution is -2.39. The zero-order valence-electron chi connectivity index (χ0n) is 14.3. The van der Waals surface area contributed by atoms with E-state index in [2.05, 4.69) is 28.9 Å². The molecule has 0 unspecified atom stereocenters. The molecule has 1 aromatic heterocycles. The molecule has 122 valence electrons. The Morgan fingerprint density at radius 3 is 2.59 bits per heavy atom. The summed E-state index contributed by atoms with van der Waals surface area (Å²) in [5.41, 5.74) is 3.24. The molecule has 0 aromatic carbocycles. The maximum atomic E-state index is 12.0. The molecule has 0 aliphatic carbocycles. The van der Waals surface area contributed by atoms with Crippen LogP contribution in [0.25, 0.3) is 0 Å². The summed E-state index contributed by atoms with van der Waals surface area (Å²) in [5.74, 6) is -0.270. The molecule has 1 aliphatic rings. The van der Waals surface area contributed by atoms with E-state index in [1.165, 1.54) is 19.3 Å². The summed E-state index contributed by atoms with van der Waals surface area (Å²) in [7, 11) is 0. The fraction of sp³-hybridized carbons (Fsp3) is 0.647. The van der Waals surface area contributed by atoms with Gasteiger partial charge in [-0.1, -0.05) is 0 Å². The van der Waals surface area contributed by atoms with Gasteiger partial charge in [-0.3, -0.25) is 5.01 Å². The van der Waals surface area contributed by atoms with Crippen molar-refractivity contribution >= 4 is 12.2 Å². The molecule has 0 spiro atoms. The zero-order valence-corrected chi connectivity index (χ0v) is 14.3. The van der Waals surface area contributed by atoms with Crippen LogP contribution in [0.2, 0.25) is 0 Å². The number of aromatic nitrogens is 1. The number of piperidine rings is 1. The van der Waals surface area contributed by atoms with Crippen molar-refractivity contribution in [2.45, 2.75) is 66.0 Å². The highest BCUT2D eigenvalue weighted by molar-refractivity contribution is 5.96. The number of carbonyl (C=O) groups is 1. The van der Waals surface area contributed by atoms with Gasteiger partial charge in [-0.25, -0.2) is 4.79 Å². The van der Waals surface area contributed by atoms with Crippen LogP contribution in [0.1, 0.15) is 67.3 Å². The molecule has 0 bridgehead atoms. The molecule has 1 saturated heterocycles. The first-order valence-corrected chi connectivity index (χ1v) is 8.14. The number of carbonyl (C=O) groups excluding carboxylic acids is 1. The third-order valence-electron chi connectivity index (χ3n) is 4.42. The van der Waals surface area contributed by atoms with E-state index in [0.29, 0.717) is 24.3 Å². The number of rotatable bonds is 4. The number of hydrazone groups is 1. The molecule has 0 radical (unpaired) electrons. The summed E-state index contributed by atoms with van der Waals surface area (Å²) in [4.78, 5) is 15.3. The SMILES string of the molecule is CCOC(=O)c1c(C)[nH]c(/C=N/N2[C@H](C)CCC[C@H]2C)c1C. The lowest BCUT2D eigenvalue weighted by Gasteiger charge is -2.36. The Morgan fingerprint density at radius 1 is 1.36 bits per heavy atom. The first kappa shape index (κ1) is 16.6. The molecule has 2 rings (SSSR count). The van der Waals surface area contributed by atoms with Gasteiger partial charge in [0, 0.05) is 17.8 Å². The van der Waals surface area contributed by atoms with Gasteiger partial charge < -0.3 is 9.72 Å². The van der Waals surface area contributed by atoms with Crippen LogP contribution in [0.3, 0.4) is 0 Å². The quantitative estimate of drug-likeness (QED) is 0.685. The lowest BCUT2D eigenvalue weighted by atomic mass is 10.00. The van der Waals surface area contributed by atoms with E-state index in [1.807, 2.05) is 27.0 Å². The molecule has 2 heterocycles. The Hall–Kier alpha value is -1.78. The first-order valence-electron chi connectivity index (χ1n) is 8.14. The number of aromatic amines is 1. The predicted octanol–water partition coefficient (Wildman–Crippen LogP) is 3.41. The van der Waals surface area contributed by atoms with Crippen molar-refractivity contribution in [3.8, 4) is 0 Å². The van der Waals surface area contributed by atoms with Crippen molar-refractivity contribution in [3.05, 3.63) is 22.5 Å². The maximum absolute atomic E-state index is 12.0. The molecule has 1 aliphatic heterocycles. The van der Waals surface area contributed by atoms with Crippen molar-refractivity contribution in [1.82, 2.24) is 9.99 Å². The third-order valence-corrected chi connectivity index (χ3v) is 4.42. The van der Waals surface area contributed by atoms with Crippen molar-refractivity contribution < 1.29 is 9.53 Å². The van der Waals surface area contributed by atoms with Gasteiger partial charge in [0.05, 0.1) is 24.1 Å². The minimum atomic E-state index is -0.270. The summed E-state index contributed by atoms with van der Waals surface area (Å²) in [6.45, 7) is 10.4. The topological polar surface area (TPSA) is 57.7 Å². The van der Waals surface area contributed by atoms with E-state index in [9.17, 15) is 4.79 Å². The minimum Gasteiger partial charge on any atom is -0.462 e. The molecule has 1 aromatic rings. The van der Waals surface area contributed by atoms with Gasteiger partial charge in [-0.15, -0.1) is 0 Å². The number of nitrogens with one attached hydrogen (secondary N) is 1. The van der Waals surface area contributed by atoms with Crippen LogP contribution in [0.5, 0.6) is 0 Å². The van der Waals surface area contributed by atoms with Crippen molar-refractivity contribution in [2.75, 3.05) is 6.61 Å². The highest BCUT2D eigenvalue weighted by Gasteiger charge is 2.23. The van der Waals surface area contributed by atoms with Gasteiger partial charge in [-0.05, 0) is 59.4 Å². The predicted molar refractivity (Wildman–Crippen MR) is 88.4 cm³/mol. The monoisotopic (exact) mass is 305 g/mol. The number of hydrogen-bond donors (Lipinski definition) is 1. The molecule has 1 fully saturated rings. The van der Waals surface area contributed by atoms with Gasteiger partial charge in [0.2, 0.25) is 0 Å². The summed E-state index contributed by atoms with van der Waals surface area (Å²) in [5, 5.41) is 6.83. The van der Waals surface area contributed by atoms with Crippen molar-refractivity contribution in [1.29, 1.82) is 0 Å².